The monoisotopic (exact) mass is 297 g/mol. The van der Waals surface area contributed by atoms with Crippen molar-refractivity contribution in [3.63, 3.8) is 0 Å². The van der Waals surface area contributed by atoms with Crippen LogP contribution in [0.3, 0.4) is 0 Å². The van der Waals surface area contributed by atoms with E-state index >= 15 is 0 Å². The average Bonchev–Trinajstić information content (AvgIpc) is 2.96. The van der Waals surface area contributed by atoms with Gasteiger partial charge in [0.05, 0.1) is 10.6 Å². The summed E-state index contributed by atoms with van der Waals surface area (Å²) in [6.07, 6.45) is 0.896. The molecule has 2 heterocycles. The summed E-state index contributed by atoms with van der Waals surface area (Å²) >= 11 is 6.86. The number of thiazole rings is 1. The molecule has 0 radical (unpaired) electrons. The highest BCUT2D eigenvalue weighted by molar-refractivity contribution is 7.71. The smallest absolute Gasteiger partial charge is 0.195 e. The van der Waals surface area contributed by atoms with Crippen LogP contribution in [0.15, 0.2) is 0 Å². The minimum absolute atomic E-state index is 0.634. The molecular weight excluding hydrogens is 278 g/mol. The van der Waals surface area contributed by atoms with Gasteiger partial charge in [-0.1, -0.05) is 18.3 Å². The summed E-state index contributed by atoms with van der Waals surface area (Å²) < 4.78 is 2.53. The summed E-state index contributed by atoms with van der Waals surface area (Å²) in [5.41, 5.74) is 1.09. The van der Waals surface area contributed by atoms with Crippen molar-refractivity contribution in [2.24, 2.45) is 7.05 Å². The standard InChI is InChI=1S/C12H19N5S2/c1-5-8-9(10-14-15-11(18)16(10)4)19-12(13-8)17(6-2)7-3/h5-7H2,1-4H3,(H,15,18). The topological polar surface area (TPSA) is 49.7 Å². The molecule has 7 heteroatoms. The van der Waals surface area contributed by atoms with Crippen LogP contribution >= 0.6 is 23.6 Å². The normalized spacial score (nSPS) is 10.9. The Balaban J connectivity index is 2.51. The zero-order chi connectivity index (χ0) is 14.0. The number of nitrogens with zero attached hydrogens (tertiary/aromatic N) is 4. The van der Waals surface area contributed by atoms with E-state index in [1.165, 1.54) is 0 Å². The van der Waals surface area contributed by atoms with Crippen LogP contribution in [0.25, 0.3) is 10.7 Å². The van der Waals surface area contributed by atoms with Crippen molar-refractivity contribution < 1.29 is 0 Å². The quantitative estimate of drug-likeness (QED) is 0.862. The Morgan fingerprint density at radius 1 is 1.32 bits per heavy atom. The SMILES string of the molecule is CCc1nc(N(CC)CC)sc1-c1n[nH]c(=S)n1C. The molecular formula is C12H19N5S2. The van der Waals surface area contributed by atoms with Gasteiger partial charge in [-0.05, 0) is 32.5 Å². The number of H-pyrrole nitrogens is 1. The lowest BCUT2D eigenvalue weighted by Crippen LogP contribution is -2.21. The Labute approximate surface area is 122 Å². The van der Waals surface area contributed by atoms with Crippen molar-refractivity contribution in [1.29, 1.82) is 0 Å². The van der Waals surface area contributed by atoms with Gasteiger partial charge in [0, 0.05) is 20.1 Å². The molecule has 19 heavy (non-hydrogen) atoms. The first-order valence-electron chi connectivity index (χ1n) is 6.48. The van der Waals surface area contributed by atoms with Gasteiger partial charge in [-0.25, -0.2) is 4.98 Å². The number of anilines is 1. The Morgan fingerprint density at radius 3 is 2.47 bits per heavy atom. The lowest BCUT2D eigenvalue weighted by atomic mass is 10.3. The summed E-state index contributed by atoms with van der Waals surface area (Å²) in [5.74, 6) is 0.873. The second-order valence-electron chi connectivity index (χ2n) is 4.21. The summed E-state index contributed by atoms with van der Waals surface area (Å²) in [6, 6.07) is 0. The summed E-state index contributed by atoms with van der Waals surface area (Å²) in [4.78, 5) is 8.11. The summed E-state index contributed by atoms with van der Waals surface area (Å²) in [7, 11) is 1.93. The van der Waals surface area contributed by atoms with E-state index in [1.54, 1.807) is 11.3 Å². The largest absolute Gasteiger partial charge is 0.349 e. The molecule has 5 nitrogen and oxygen atoms in total. The van der Waals surface area contributed by atoms with Crippen LogP contribution < -0.4 is 4.90 Å². The zero-order valence-corrected chi connectivity index (χ0v) is 13.4. The first kappa shape index (κ1) is 14.2. The number of aromatic nitrogens is 4. The van der Waals surface area contributed by atoms with Gasteiger partial charge in [0.1, 0.15) is 0 Å². The van der Waals surface area contributed by atoms with Crippen molar-refractivity contribution in [2.45, 2.75) is 27.2 Å². The van der Waals surface area contributed by atoms with Gasteiger partial charge in [-0.15, -0.1) is 0 Å². The van der Waals surface area contributed by atoms with Crippen molar-refractivity contribution in [3.8, 4) is 10.7 Å². The number of hydrogen-bond donors (Lipinski definition) is 1. The molecule has 0 atom stereocenters. The number of aromatic amines is 1. The lowest BCUT2D eigenvalue weighted by Gasteiger charge is -2.16. The van der Waals surface area contributed by atoms with Crippen LogP contribution in [-0.4, -0.2) is 32.8 Å². The predicted molar refractivity (Wildman–Crippen MR) is 82.4 cm³/mol. The van der Waals surface area contributed by atoms with E-state index in [9.17, 15) is 0 Å². The summed E-state index contributed by atoms with van der Waals surface area (Å²) in [5, 5.41) is 8.21. The van der Waals surface area contributed by atoms with E-state index in [2.05, 4.69) is 35.9 Å². The van der Waals surface area contributed by atoms with Crippen LogP contribution in [0.1, 0.15) is 26.5 Å². The molecule has 0 unspecified atom stereocenters. The maximum Gasteiger partial charge on any atom is 0.195 e. The lowest BCUT2D eigenvalue weighted by molar-refractivity contribution is 0.853. The molecule has 0 aliphatic heterocycles. The van der Waals surface area contributed by atoms with Crippen LogP contribution in [0.5, 0.6) is 0 Å². The third-order valence-corrected chi connectivity index (χ3v) is 4.66. The van der Waals surface area contributed by atoms with Gasteiger partial charge in [0.15, 0.2) is 15.7 Å². The van der Waals surface area contributed by atoms with Gasteiger partial charge < -0.3 is 9.47 Å². The molecule has 2 aromatic rings. The fourth-order valence-corrected chi connectivity index (χ4v) is 3.37. The fraction of sp³-hybridized carbons (Fsp3) is 0.583. The molecule has 0 saturated carbocycles. The summed E-state index contributed by atoms with van der Waals surface area (Å²) in [6.45, 7) is 8.33. The molecule has 0 saturated heterocycles. The Morgan fingerprint density at radius 2 is 2.00 bits per heavy atom. The highest BCUT2D eigenvalue weighted by Gasteiger charge is 2.18. The maximum absolute atomic E-state index is 5.18. The highest BCUT2D eigenvalue weighted by atomic mass is 32.1. The van der Waals surface area contributed by atoms with E-state index in [0.717, 1.165) is 41.0 Å². The van der Waals surface area contributed by atoms with Crippen molar-refractivity contribution in [1.82, 2.24) is 19.7 Å². The van der Waals surface area contributed by atoms with Crippen molar-refractivity contribution in [2.75, 3.05) is 18.0 Å². The van der Waals surface area contributed by atoms with E-state index in [0.29, 0.717) is 4.77 Å². The van der Waals surface area contributed by atoms with Crippen LogP contribution in [0.4, 0.5) is 5.13 Å². The minimum atomic E-state index is 0.634. The second kappa shape index (κ2) is 5.83. The molecule has 2 aromatic heterocycles. The molecule has 0 spiro atoms. The first-order chi connectivity index (χ1) is 9.12. The maximum atomic E-state index is 5.18. The first-order valence-corrected chi connectivity index (χ1v) is 7.71. The molecule has 1 N–H and O–H groups in total. The third kappa shape index (κ3) is 2.57. The van der Waals surface area contributed by atoms with E-state index < -0.39 is 0 Å². The Hall–Kier alpha value is -1.21. The van der Waals surface area contributed by atoms with E-state index in [-0.39, 0.29) is 0 Å². The minimum Gasteiger partial charge on any atom is -0.349 e. The molecule has 0 aromatic carbocycles. The van der Waals surface area contributed by atoms with Gasteiger partial charge in [0.25, 0.3) is 0 Å². The fourth-order valence-electron chi connectivity index (χ4n) is 1.93. The van der Waals surface area contributed by atoms with Gasteiger partial charge in [-0.2, -0.15) is 5.10 Å². The average molecular weight is 297 g/mol. The number of nitrogens with one attached hydrogen (secondary N) is 1. The molecule has 2 rings (SSSR count). The highest BCUT2D eigenvalue weighted by Crippen LogP contribution is 2.33. The van der Waals surface area contributed by atoms with E-state index in [4.69, 9.17) is 17.2 Å². The van der Waals surface area contributed by atoms with Gasteiger partial charge in [0.2, 0.25) is 0 Å². The molecule has 0 fully saturated rings. The molecule has 0 aliphatic rings. The zero-order valence-electron chi connectivity index (χ0n) is 11.7. The third-order valence-electron chi connectivity index (χ3n) is 3.14. The molecule has 0 amide bonds. The number of aryl methyl sites for hydroxylation is 1. The molecule has 0 aliphatic carbocycles. The van der Waals surface area contributed by atoms with Gasteiger partial charge in [-0.3, -0.25) is 5.10 Å². The van der Waals surface area contributed by atoms with Crippen LogP contribution in [0.2, 0.25) is 0 Å². The molecule has 104 valence electrons. The van der Waals surface area contributed by atoms with Gasteiger partial charge >= 0.3 is 0 Å². The molecule has 0 bridgehead atoms. The second-order valence-corrected chi connectivity index (χ2v) is 5.57. The number of rotatable bonds is 5. The Bertz CT molecular complexity index is 606. The van der Waals surface area contributed by atoms with Crippen molar-refractivity contribution >= 4 is 28.7 Å². The number of hydrogen-bond acceptors (Lipinski definition) is 5. The van der Waals surface area contributed by atoms with E-state index in [1.807, 2.05) is 11.6 Å². The van der Waals surface area contributed by atoms with Crippen LogP contribution in [0, 0.1) is 4.77 Å². The van der Waals surface area contributed by atoms with Crippen LogP contribution in [-0.2, 0) is 13.5 Å². The van der Waals surface area contributed by atoms with Crippen molar-refractivity contribution in [3.05, 3.63) is 10.5 Å². The Kier molecular flexibility index (Phi) is 4.36. The predicted octanol–water partition coefficient (Wildman–Crippen LogP) is 3.01.